The SMILES string of the molecule is CCC1=C(N2CCN(C(=O)c3ncnc(C)c3O)[C@H]3CC[C@@H]32)C(=O)c2nc(N3CCOCC3)cnc2C1CC(=O)Nc1ccc(C(F)(F)F)cc1Cl. The van der Waals surface area contributed by atoms with Crippen molar-refractivity contribution in [2.45, 2.75) is 63.7 Å². The molecule has 7 rings (SSSR count). The van der Waals surface area contributed by atoms with Gasteiger partial charge in [-0.1, -0.05) is 18.5 Å². The van der Waals surface area contributed by atoms with Crippen LogP contribution in [-0.2, 0) is 15.7 Å². The smallest absolute Gasteiger partial charge is 0.416 e. The molecule has 3 fully saturated rings. The van der Waals surface area contributed by atoms with Crippen LogP contribution in [-0.4, -0.2) is 104 Å². The van der Waals surface area contributed by atoms with Crippen LogP contribution in [0.1, 0.15) is 76.5 Å². The van der Waals surface area contributed by atoms with E-state index in [-0.39, 0.29) is 58.7 Å². The summed E-state index contributed by atoms with van der Waals surface area (Å²) in [4.78, 5) is 65.1. The number of nitrogens with zero attached hydrogens (tertiary/aromatic N) is 7. The highest BCUT2D eigenvalue weighted by atomic mass is 35.5. The van der Waals surface area contributed by atoms with E-state index in [2.05, 4.69) is 15.3 Å². The molecule has 3 atom stereocenters. The number of aromatic hydroxyl groups is 1. The van der Waals surface area contributed by atoms with Gasteiger partial charge in [0.05, 0.1) is 58.8 Å². The second kappa shape index (κ2) is 14.0. The number of rotatable bonds is 7. The molecular formula is C35H36ClF3N8O5. The van der Waals surface area contributed by atoms with Gasteiger partial charge in [-0.3, -0.25) is 19.4 Å². The molecule has 2 N–H and O–H groups in total. The highest BCUT2D eigenvalue weighted by molar-refractivity contribution is 6.33. The van der Waals surface area contributed by atoms with Crippen molar-refractivity contribution in [2.24, 2.45) is 0 Å². The molecule has 274 valence electrons. The molecule has 0 bridgehead atoms. The van der Waals surface area contributed by atoms with E-state index in [1.54, 1.807) is 18.0 Å². The molecule has 1 aromatic carbocycles. The first-order valence-electron chi connectivity index (χ1n) is 17.1. The number of carbonyl (C=O) groups is 3. The molecule has 4 heterocycles. The number of nitrogens with one attached hydrogen (secondary N) is 1. The third-order valence-corrected chi connectivity index (χ3v) is 10.6. The zero-order valence-corrected chi connectivity index (χ0v) is 29.2. The summed E-state index contributed by atoms with van der Waals surface area (Å²) in [6, 6.07) is 2.23. The van der Waals surface area contributed by atoms with Crippen LogP contribution in [0.5, 0.6) is 5.75 Å². The van der Waals surface area contributed by atoms with Gasteiger partial charge in [0.2, 0.25) is 11.7 Å². The van der Waals surface area contributed by atoms with Gasteiger partial charge in [0.15, 0.2) is 11.4 Å². The summed E-state index contributed by atoms with van der Waals surface area (Å²) in [5.74, 6) is -1.73. The number of aromatic nitrogens is 4. The number of morpholine rings is 1. The first kappa shape index (κ1) is 35.6. The van der Waals surface area contributed by atoms with Crippen LogP contribution in [0.2, 0.25) is 5.02 Å². The summed E-state index contributed by atoms with van der Waals surface area (Å²) in [6.45, 7) is 6.13. The lowest BCUT2D eigenvalue weighted by Crippen LogP contribution is -2.66. The van der Waals surface area contributed by atoms with Crippen molar-refractivity contribution in [2.75, 3.05) is 49.6 Å². The maximum Gasteiger partial charge on any atom is 0.416 e. The average molecular weight is 741 g/mol. The number of aryl methyl sites for hydroxylation is 1. The Morgan fingerprint density at radius 3 is 2.50 bits per heavy atom. The van der Waals surface area contributed by atoms with E-state index in [1.165, 1.54) is 6.33 Å². The maximum absolute atomic E-state index is 14.6. The highest BCUT2D eigenvalue weighted by Gasteiger charge is 2.49. The number of fused-ring (bicyclic) bond motifs is 2. The summed E-state index contributed by atoms with van der Waals surface area (Å²) < 4.78 is 45.2. The fourth-order valence-corrected chi connectivity index (χ4v) is 7.73. The van der Waals surface area contributed by atoms with Crippen molar-refractivity contribution in [1.29, 1.82) is 0 Å². The number of allylic oxidation sites excluding steroid dienone is 2. The Hall–Kier alpha value is -4.83. The van der Waals surface area contributed by atoms with Gasteiger partial charge in [-0.2, -0.15) is 13.2 Å². The number of carbonyl (C=O) groups excluding carboxylic acids is 3. The van der Waals surface area contributed by atoms with Crippen molar-refractivity contribution in [3.63, 3.8) is 0 Å². The van der Waals surface area contributed by atoms with Crippen molar-refractivity contribution >= 4 is 40.7 Å². The van der Waals surface area contributed by atoms with Crippen molar-refractivity contribution < 1.29 is 37.4 Å². The Labute approximate surface area is 301 Å². The molecular weight excluding hydrogens is 705 g/mol. The number of halogens is 4. The van der Waals surface area contributed by atoms with Crippen molar-refractivity contribution in [1.82, 2.24) is 29.7 Å². The number of ether oxygens (including phenoxy) is 1. The molecule has 2 amide bonds. The molecule has 2 aliphatic carbocycles. The Bertz CT molecular complexity index is 1970. The molecule has 17 heteroatoms. The number of benzene rings is 1. The lowest BCUT2D eigenvalue weighted by Gasteiger charge is -2.55. The number of piperazine rings is 1. The number of hydrogen-bond donors (Lipinski definition) is 2. The molecule has 3 aromatic rings. The molecule has 2 aromatic heterocycles. The monoisotopic (exact) mass is 740 g/mol. The zero-order chi connectivity index (χ0) is 36.9. The second-order valence-electron chi connectivity index (χ2n) is 13.2. The minimum Gasteiger partial charge on any atom is -0.504 e. The topological polar surface area (TPSA) is 154 Å². The molecule has 13 nitrogen and oxygen atoms in total. The van der Waals surface area contributed by atoms with Crippen LogP contribution in [0, 0.1) is 6.92 Å². The minimum absolute atomic E-state index is 0.0193. The number of amides is 2. The molecule has 52 heavy (non-hydrogen) atoms. The van der Waals surface area contributed by atoms with Gasteiger partial charge in [0, 0.05) is 44.6 Å². The number of anilines is 2. The number of Topliss-reactive ketones (excluding diaryl/α,β-unsaturated/α-hetero) is 1. The van der Waals surface area contributed by atoms with Crippen LogP contribution in [0.4, 0.5) is 24.7 Å². The van der Waals surface area contributed by atoms with Gasteiger partial charge in [-0.15, -0.1) is 0 Å². The fraction of sp³-hybridized carbons (Fsp3) is 0.457. The van der Waals surface area contributed by atoms with Crippen molar-refractivity contribution in [3.05, 3.63) is 75.4 Å². The number of hydrogen-bond acceptors (Lipinski definition) is 11. The predicted octanol–water partition coefficient (Wildman–Crippen LogP) is 4.75. The van der Waals surface area contributed by atoms with Gasteiger partial charge in [-0.25, -0.2) is 15.0 Å². The summed E-state index contributed by atoms with van der Waals surface area (Å²) in [5, 5.41) is 12.9. The first-order chi connectivity index (χ1) is 24.9. The third-order valence-electron chi connectivity index (χ3n) is 10.3. The van der Waals surface area contributed by atoms with E-state index in [0.717, 1.165) is 18.2 Å². The lowest BCUT2D eigenvalue weighted by atomic mass is 9.77. The van der Waals surface area contributed by atoms with E-state index in [4.69, 9.17) is 26.3 Å². The zero-order valence-electron chi connectivity index (χ0n) is 28.4. The van der Waals surface area contributed by atoms with E-state index in [1.807, 2.05) is 16.7 Å². The molecule has 2 aliphatic heterocycles. The van der Waals surface area contributed by atoms with E-state index < -0.39 is 29.5 Å². The molecule has 0 radical (unpaired) electrons. The van der Waals surface area contributed by atoms with Crippen LogP contribution >= 0.6 is 11.6 Å². The Morgan fingerprint density at radius 1 is 1.08 bits per heavy atom. The molecule has 2 saturated heterocycles. The lowest BCUT2D eigenvalue weighted by molar-refractivity contribution is -0.137. The molecule has 4 aliphatic rings. The number of alkyl halides is 3. The van der Waals surface area contributed by atoms with Crippen LogP contribution in [0.3, 0.4) is 0 Å². The second-order valence-corrected chi connectivity index (χ2v) is 13.6. The van der Waals surface area contributed by atoms with Crippen LogP contribution in [0.15, 0.2) is 42.0 Å². The van der Waals surface area contributed by atoms with Crippen molar-refractivity contribution in [3.8, 4) is 5.75 Å². The average Bonchev–Trinajstić information content (AvgIpc) is 3.11. The highest BCUT2D eigenvalue weighted by Crippen LogP contribution is 2.45. The van der Waals surface area contributed by atoms with Gasteiger partial charge >= 0.3 is 6.18 Å². The predicted molar refractivity (Wildman–Crippen MR) is 182 cm³/mol. The molecule has 1 saturated carbocycles. The van der Waals surface area contributed by atoms with E-state index in [9.17, 15) is 32.7 Å². The van der Waals surface area contributed by atoms with Gasteiger partial charge in [0.25, 0.3) is 5.91 Å². The van der Waals surface area contributed by atoms with Gasteiger partial charge < -0.3 is 29.9 Å². The van der Waals surface area contributed by atoms with Crippen LogP contribution < -0.4 is 10.2 Å². The van der Waals surface area contributed by atoms with E-state index in [0.29, 0.717) is 80.6 Å². The summed E-state index contributed by atoms with van der Waals surface area (Å²) in [6.07, 6.45) is -0.203. The molecule has 1 unspecified atom stereocenters. The Balaban J connectivity index is 1.22. The van der Waals surface area contributed by atoms with Gasteiger partial charge in [0.1, 0.15) is 17.8 Å². The molecule has 0 spiro atoms. The quantitative estimate of drug-likeness (QED) is 0.345. The van der Waals surface area contributed by atoms with E-state index >= 15 is 0 Å². The first-order valence-corrected chi connectivity index (χ1v) is 17.5. The third kappa shape index (κ3) is 6.42. The summed E-state index contributed by atoms with van der Waals surface area (Å²) in [5.41, 5.74) is 0.841. The number of ketones is 1. The minimum atomic E-state index is -4.60. The summed E-state index contributed by atoms with van der Waals surface area (Å²) >= 11 is 6.16. The summed E-state index contributed by atoms with van der Waals surface area (Å²) in [7, 11) is 0. The maximum atomic E-state index is 14.6. The normalized spacial score (nSPS) is 21.8. The standard InChI is InChI=1S/C35H36ClF3N8O5/c1-3-20-21(15-27(48)43-23-5-4-19(14-22(23)36)35(37,38)39)28-29(44-26(16-40-28)45-10-12-52-13-11-45)33(50)31(20)46-8-9-47(25-7-6-24(25)46)34(51)30-32(49)18(2)41-17-42-30/h4-5,14,16-17,21,24-25,49H,3,6-13,15H2,1-2H3,(H,43,48)/t21?,24-,25-/m0/s1. The largest absolute Gasteiger partial charge is 0.504 e. The fourth-order valence-electron chi connectivity index (χ4n) is 7.50. The Morgan fingerprint density at radius 2 is 1.83 bits per heavy atom. The Kier molecular flexibility index (Phi) is 9.54. The van der Waals surface area contributed by atoms with Gasteiger partial charge in [-0.05, 0) is 50.0 Å². The van der Waals surface area contributed by atoms with Crippen LogP contribution in [0.25, 0.3) is 0 Å².